The van der Waals surface area contributed by atoms with Crippen molar-refractivity contribution >= 4 is 6.09 Å². The van der Waals surface area contributed by atoms with Gasteiger partial charge in [-0.05, 0) is 19.4 Å². The number of carbonyl (C=O) groups excluding carboxylic acids is 1. The van der Waals surface area contributed by atoms with Gasteiger partial charge in [-0.25, -0.2) is 9.78 Å². The first-order chi connectivity index (χ1) is 10.2. The number of ether oxygens (including phenoxy) is 1. The summed E-state index contributed by atoms with van der Waals surface area (Å²) in [5.74, 6) is 0.879. The standard InChI is InChI=1S/C16H19N3O2/c1-12(2)18-9-8-17-15(18)10-19-14(11-21-16(19)20)13-6-4-3-5-7-13/h3-9,12,14H,10-11H2,1-2H3/t14-/m1/s1. The summed E-state index contributed by atoms with van der Waals surface area (Å²) in [6, 6.07) is 10.2. The van der Waals surface area contributed by atoms with Crippen molar-refractivity contribution in [3.8, 4) is 0 Å². The lowest BCUT2D eigenvalue weighted by atomic mass is 10.1. The number of rotatable bonds is 4. The van der Waals surface area contributed by atoms with Crippen molar-refractivity contribution in [2.75, 3.05) is 6.61 Å². The quantitative estimate of drug-likeness (QED) is 0.867. The Morgan fingerprint density at radius 2 is 2.10 bits per heavy atom. The fraction of sp³-hybridized carbons (Fsp3) is 0.375. The summed E-state index contributed by atoms with van der Waals surface area (Å²) in [6.07, 6.45) is 3.44. The highest BCUT2D eigenvalue weighted by atomic mass is 16.6. The number of benzene rings is 1. The maximum atomic E-state index is 12.0. The van der Waals surface area contributed by atoms with Crippen molar-refractivity contribution in [1.29, 1.82) is 0 Å². The molecule has 3 rings (SSSR count). The summed E-state index contributed by atoms with van der Waals surface area (Å²) in [5, 5.41) is 0. The van der Waals surface area contributed by atoms with Gasteiger partial charge >= 0.3 is 6.09 Å². The van der Waals surface area contributed by atoms with Crippen molar-refractivity contribution in [2.45, 2.75) is 32.5 Å². The summed E-state index contributed by atoms with van der Waals surface area (Å²) >= 11 is 0. The molecule has 1 atom stereocenters. The molecule has 1 aromatic carbocycles. The third-order valence-corrected chi connectivity index (χ3v) is 3.78. The number of imidazole rings is 1. The second-order valence-electron chi connectivity index (χ2n) is 5.48. The zero-order valence-electron chi connectivity index (χ0n) is 12.3. The van der Waals surface area contributed by atoms with Crippen molar-refractivity contribution in [1.82, 2.24) is 14.5 Å². The SMILES string of the molecule is CC(C)n1ccnc1CN1C(=O)OC[C@@H]1c1ccccc1. The molecule has 0 bridgehead atoms. The van der Waals surface area contributed by atoms with Crippen LogP contribution in [0.25, 0.3) is 0 Å². The summed E-state index contributed by atoms with van der Waals surface area (Å²) in [4.78, 5) is 18.2. The monoisotopic (exact) mass is 285 g/mol. The Morgan fingerprint density at radius 1 is 1.33 bits per heavy atom. The van der Waals surface area contributed by atoms with Crippen molar-refractivity contribution < 1.29 is 9.53 Å². The van der Waals surface area contributed by atoms with Gasteiger partial charge in [0.1, 0.15) is 12.4 Å². The topological polar surface area (TPSA) is 47.4 Å². The van der Waals surface area contributed by atoms with Gasteiger partial charge < -0.3 is 9.30 Å². The van der Waals surface area contributed by atoms with Gasteiger partial charge in [0.2, 0.25) is 0 Å². The lowest BCUT2D eigenvalue weighted by Crippen LogP contribution is -2.28. The summed E-state index contributed by atoms with van der Waals surface area (Å²) in [5.41, 5.74) is 1.09. The van der Waals surface area contributed by atoms with E-state index in [1.807, 2.05) is 36.5 Å². The van der Waals surface area contributed by atoms with Crippen molar-refractivity contribution in [3.05, 3.63) is 54.1 Å². The third kappa shape index (κ3) is 2.63. The molecule has 2 heterocycles. The predicted molar refractivity (Wildman–Crippen MR) is 78.7 cm³/mol. The van der Waals surface area contributed by atoms with Gasteiger partial charge in [-0.3, -0.25) is 4.90 Å². The van der Waals surface area contributed by atoms with E-state index in [0.717, 1.165) is 11.4 Å². The Hall–Kier alpha value is -2.30. The minimum atomic E-state index is -0.276. The maximum absolute atomic E-state index is 12.0. The number of carbonyl (C=O) groups is 1. The Morgan fingerprint density at radius 3 is 2.81 bits per heavy atom. The van der Waals surface area contributed by atoms with Gasteiger partial charge in [-0.15, -0.1) is 0 Å². The Labute approximate surface area is 124 Å². The van der Waals surface area contributed by atoms with E-state index in [9.17, 15) is 4.79 Å². The molecule has 1 aromatic heterocycles. The lowest BCUT2D eigenvalue weighted by molar-refractivity contribution is 0.155. The normalized spacial score (nSPS) is 18.3. The van der Waals surface area contributed by atoms with Crippen LogP contribution in [-0.2, 0) is 11.3 Å². The molecule has 1 saturated heterocycles. The molecule has 1 fully saturated rings. The minimum Gasteiger partial charge on any atom is -0.447 e. The fourth-order valence-corrected chi connectivity index (χ4v) is 2.67. The first kappa shape index (κ1) is 13.7. The zero-order chi connectivity index (χ0) is 14.8. The molecule has 0 N–H and O–H groups in total. The number of amides is 1. The minimum absolute atomic E-state index is 0.0454. The molecule has 1 amide bonds. The van der Waals surface area contributed by atoms with Gasteiger partial charge in [-0.1, -0.05) is 30.3 Å². The first-order valence-electron chi connectivity index (χ1n) is 7.17. The highest BCUT2D eigenvalue weighted by Gasteiger charge is 2.34. The van der Waals surface area contributed by atoms with Crippen LogP contribution in [0.4, 0.5) is 4.79 Å². The Bertz CT molecular complexity index is 621. The Kier molecular flexibility index (Phi) is 3.64. The molecule has 1 aliphatic rings. The highest BCUT2D eigenvalue weighted by molar-refractivity contribution is 5.70. The number of nitrogens with zero attached hydrogens (tertiary/aromatic N) is 3. The average molecular weight is 285 g/mol. The van der Waals surface area contributed by atoms with Crippen LogP contribution in [0, 0.1) is 0 Å². The zero-order valence-corrected chi connectivity index (χ0v) is 12.3. The molecular weight excluding hydrogens is 266 g/mol. The predicted octanol–water partition coefficient (Wildman–Crippen LogP) is 3.16. The lowest BCUT2D eigenvalue weighted by Gasteiger charge is -2.22. The molecule has 5 heteroatoms. The second kappa shape index (κ2) is 5.60. The molecule has 5 nitrogen and oxygen atoms in total. The molecule has 0 unspecified atom stereocenters. The van der Waals surface area contributed by atoms with E-state index in [1.165, 1.54) is 0 Å². The highest BCUT2D eigenvalue weighted by Crippen LogP contribution is 2.29. The number of cyclic esters (lactones) is 1. The van der Waals surface area contributed by atoms with Crippen LogP contribution in [0.3, 0.4) is 0 Å². The van der Waals surface area contributed by atoms with E-state index in [2.05, 4.69) is 23.4 Å². The number of hydrogen-bond donors (Lipinski definition) is 0. The van der Waals surface area contributed by atoms with E-state index in [1.54, 1.807) is 11.1 Å². The van der Waals surface area contributed by atoms with Crippen LogP contribution in [0.2, 0.25) is 0 Å². The molecule has 2 aromatic rings. The molecule has 0 aliphatic carbocycles. The van der Waals surface area contributed by atoms with Gasteiger partial charge in [0.15, 0.2) is 0 Å². The average Bonchev–Trinajstić information content (AvgIpc) is 3.08. The largest absolute Gasteiger partial charge is 0.447 e. The molecule has 1 aliphatic heterocycles. The second-order valence-corrected chi connectivity index (χ2v) is 5.48. The fourth-order valence-electron chi connectivity index (χ4n) is 2.67. The summed E-state index contributed by atoms with van der Waals surface area (Å²) in [6.45, 7) is 5.05. The molecule has 21 heavy (non-hydrogen) atoms. The van der Waals surface area contributed by atoms with Crippen LogP contribution in [0.1, 0.15) is 37.3 Å². The van der Waals surface area contributed by atoms with Crippen LogP contribution in [-0.4, -0.2) is 27.2 Å². The van der Waals surface area contributed by atoms with Crippen LogP contribution in [0.15, 0.2) is 42.7 Å². The van der Waals surface area contributed by atoms with Gasteiger partial charge in [0, 0.05) is 18.4 Å². The van der Waals surface area contributed by atoms with Crippen molar-refractivity contribution in [3.63, 3.8) is 0 Å². The maximum Gasteiger partial charge on any atom is 0.410 e. The van der Waals surface area contributed by atoms with Gasteiger partial charge in [0.05, 0.1) is 12.6 Å². The smallest absolute Gasteiger partial charge is 0.410 e. The van der Waals surface area contributed by atoms with E-state index in [0.29, 0.717) is 19.2 Å². The van der Waals surface area contributed by atoms with E-state index >= 15 is 0 Å². The summed E-state index contributed by atoms with van der Waals surface area (Å²) < 4.78 is 7.31. The summed E-state index contributed by atoms with van der Waals surface area (Å²) in [7, 11) is 0. The molecule has 0 saturated carbocycles. The van der Waals surface area contributed by atoms with Gasteiger partial charge in [0.25, 0.3) is 0 Å². The molecule has 0 spiro atoms. The van der Waals surface area contributed by atoms with E-state index in [4.69, 9.17) is 4.74 Å². The van der Waals surface area contributed by atoms with Crippen LogP contribution < -0.4 is 0 Å². The van der Waals surface area contributed by atoms with Crippen molar-refractivity contribution in [2.24, 2.45) is 0 Å². The number of aromatic nitrogens is 2. The third-order valence-electron chi connectivity index (χ3n) is 3.78. The first-order valence-corrected chi connectivity index (χ1v) is 7.17. The Balaban J connectivity index is 1.85. The number of hydrogen-bond acceptors (Lipinski definition) is 3. The molecule has 0 radical (unpaired) electrons. The molecule has 110 valence electrons. The molecular formula is C16H19N3O2. The van der Waals surface area contributed by atoms with Crippen LogP contribution in [0.5, 0.6) is 0 Å². The van der Waals surface area contributed by atoms with E-state index in [-0.39, 0.29) is 12.1 Å². The van der Waals surface area contributed by atoms with E-state index < -0.39 is 0 Å². The van der Waals surface area contributed by atoms with Gasteiger partial charge in [-0.2, -0.15) is 0 Å². The van der Waals surface area contributed by atoms with Crippen LogP contribution >= 0.6 is 0 Å².